The van der Waals surface area contributed by atoms with Gasteiger partial charge in [-0.1, -0.05) is 12.1 Å². The maximum atomic E-state index is 13.1. The van der Waals surface area contributed by atoms with Crippen LogP contribution in [0.15, 0.2) is 47.4 Å². The van der Waals surface area contributed by atoms with E-state index in [9.17, 15) is 23.1 Å². The van der Waals surface area contributed by atoms with Crippen LogP contribution in [0.2, 0.25) is 0 Å². The fourth-order valence-corrected chi connectivity index (χ4v) is 4.75. The lowest BCUT2D eigenvalue weighted by molar-refractivity contribution is -0.255. The number of carbonyl (C=O) groups is 2. The average Bonchev–Trinajstić information content (AvgIpc) is 2.78. The van der Waals surface area contributed by atoms with Gasteiger partial charge in [0.25, 0.3) is 5.91 Å². The first-order valence-corrected chi connectivity index (χ1v) is 10.5. The number of hydrogen-bond donors (Lipinski definition) is 0. The molecule has 160 valence electrons. The van der Waals surface area contributed by atoms with Crippen molar-refractivity contribution in [2.45, 2.75) is 4.90 Å². The van der Waals surface area contributed by atoms with Gasteiger partial charge in [-0.15, -0.1) is 0 Å². The summed E-state index contributed by atoms with van der Waals surface area (Å²) in [7, 11) is -0.954. The Bertz CT molecular complexity index is 1040. The van der Waals surface area contributed by atoms with Crippen LogP contribution in [0.4, 0.5) is 0 Å². The summed E-state index contributed by atoms with van der Waals surface area (Å²) in [5.41, 5.74) is 0.309. The zero-order valence-corrected chi connectivity index (χ0v) is 17.3. The standard InChI is InChI=1S/C20H22N2O7S/c1-28-16-7-8-18(17(13-16)29-2)30(26,27)22-11-9-21(10-12-22)19(23)14-3-5-15(6-4-14)20(24)25/h3-8,13H,9-12H2,1-2H3,(H,24,25)/p-1. The Morgan fingerprint density at radius 2 is 1.50 bits per heavy atom. The number of hydrogen-bond acceptors (Lipinski definition) is 7. The zero-order valence-electron chi connectivity index (χ0n) is 16.5. The number of methoxy groups -OCH3 is 2. The van der Waals surface area contributed by atoms with E-state index < -0.39 is 16.0 Å². The Morgan fingerprint density at radius 3 is 2.03 bits per heavy atom. The van der Waals surface area contributed by atoms with E-state index >= 15 is 0 Å². The summed E-state index contributed by atoms with van der Waals surface area (Å²) in [6.45, 7) is 0.665. The zero-order chi connectivity index (χ0) is 21.9. The minimum atomic E-state index is -3.82. The highest BCUT2D eigenvalue weighted by molar-refractivity contribution is 7.89. The lowest BCUT2D eigenvalue weighted by Crippen LogP contribution is -2.50. The summed E-state index contributed by atoms with van der Waals surface area (Å²) in [5.74, 6) is -0.951. The molecule has 3 rings (SSSR count). The second-order valence-electron chi connectivity index (χ2n) is 6.58. The minimum absolute atomic E-state index is 0.0177. The molecular formula is C20H21N2O7S-. The first-order chi connectivity index (χ1) is 14.3. The van der Waals surface area contributed by atoms with Crippen molar-refractivity contribution in [2.75, 3.05) is 40.4 Å². The Morgan fingerprint density at radius 1 is 0.900 bits per heavy atom. The van der Waals surface area contributed by atoms with E-state index in [0.29, 0.717) is 11.3 Å². The average molecular weight is 433 g/mol. The fourth-order valence-electron chi connectivity index (χ4n) is 3.19. The Labute approximate surface area is 174 Å². The molecule has 0 atom stereocenters. The highest BCUT2D eigenvalue weighted by Gasteiger charge is 2.32. The number of aromatic carboxylic acids is 1. The summed E-state index contributed by atoms with van der Waals surface area (Å²) in [5, 5.41) is 10.8. The van der Waals surface area contributed by atoms with Crippen LogP contribution in [0.25, 0.3) is 0 Å². The van der Waals surface area contributed by atoms with E-state index in [0.717, 1.165) is 0 Å². The van der Waals surface area contributed by atoms with Crippen LogP contribution in [0, 0.1) is 0 Å². The fraction of sp³-hybridized carbons (Fsp3) is 0.300. The molecule has 2 aromatic rings. The second kappa shape index (κ2) is 8.72. The highest BCUT2D eigenvalue weighted by atomic mass is 32.2. The van der Waals surface area contributed by atoms with Crippen molar-refractivity contribution < 1.29 is 32.6 Å². The number of sulfonamides is 1. The van der Waals surface area contributed by atoms with Crippen LogP contribution in [0.5, 0.6) is 11.5 Å². The molecule has 1 amide bonds. The van der Waals surface area contributed by atoms with Crippen LogP contribution in [-0.4, -0.2) is 69.9 Å². The molecule has 30 heavy (non-hydrogen) atoms. The molecule has 1 aliphatic heterocycles. The molecule has 1 fully saturated rings. The maximum absolute atomic E-state index is 13.1. The highest BCUT2D eigenvalue weighted by Crippen LogP contribution is 2.31. The largest absolute Gasteiger partial charge is 0.545 e. The van der Waals surface area contributed by atoms with Crippen LogP contribution in [0.1, 0.15) is 20.7 Å². The molecule has 0 saturated carbocycles. The van der Waals surface area contributed by atoms with Crippen molar-refractivity contribution in [3.8, 4) is 11.5 Å². The van der Waals surface area contributed by atoms with Gasteiger partial charge in [0, 0.05) is 37.8 Å². The van der Waals surface area contributed by atoms with Crippen LogP contribution in [-0.2, 0) is 10.0 Å². The van der Waals surface area contributed by atoms with E-state index in [4.69, 9.17) is 9.47 Å². The molecule has 0 bridgehead atoms. The van der Waals surface area contributed by atoms with Crippen molar-refractivity contribution >= 4 is 21.9 Å². The summed E-state index contributed by atoms with van der Waals surface area (Å²) in [6.07, 6.45) is 0. The van der Waals surface area contributed by atoms with Gasteiger partial charge in [0.05, 0.1) is 20.2 Å². The van der Waals surface area contributed by atoms with E-state index in [2.05, 4.69) is 0 Å². The smallest absolute Gasteiger partial charge is 0.253 e. The van der Waals surface area contributed by atoms with E-state index in [1.165, 1.54) is 59.8 Å². The number of ether oxygens (including phenoxy) is 2. The molecule has 9 nitrogen and oxygen atoms in total. The molecule has 1 heterocycles. The van der Waals surface area contributed by atoms with E-state index in [1.807, 2.05) is 0 Å². The number of carboxylic acids is 1. The van der Waals surface area contributed by atoms with E-state index in [1.54, 1.807) is 6.07 Å². The molecule has 2 aromatic carbocycles. The molecule has 0 radical (unpaired) electrons. The van der Waals surface area contributed by atoms with Gasteiger partial charge in [0.15, 0.2) is 0 Å². The van der Waals surface area contributed by atoms with Crippen LogP contribution < -0.4 is 14.6 Å². The van der Waals surface area contributed by atoms with Gasteiger partial charge in [0.1, 0.15) is 16.4 Å². The number of piperazine rings is 1. The number of carbonyl (C=O) groups excluding carboxylic acids is 2. The first kappa shape index (κ1) is 21.6. The van der Waals surface area contributed by atoms with Crippen LogP contribution in [0.3, 0.4) is 0 Å². The third kappa shape index (κ3) is 4.24. The number of benzene rings is 2. The summed E-state index contributed by atoms with van der Waals surface area (Å²) < 4.78 is 37.7. The number of nitrogens with zero attached hydrogens (tertiary/aromatic N) is 2. The van der Waals surface area contributed by atoms with Gasteiger partial charge >= 0.3 is 0 Å². The lowest BCUT2D eigenvalue weighted by atomic mass is 10.1. The molecular weight excluding hydrogens is 412 g/mol. The van der Waals surface area contributed by atoms with Gasteiger partial charge in [-0.2, -0.15) is 4.31 Å². The van der Waals surface area contributed by atoms with Crippen molar-refractivity contribution in [2.24, 2.45) is 0 Å². The molecule has 10 heteroatoms. The van der Waals surface area contributed by atoms with Gasteiger partial charge in [-0.05, 0) is 29.8 Å². The normalized spacial score (nSPS) is 14.9. The first-order valence-electron chi connectivity index (χ1n) is 9.11. The van der Waals surface area contributed by atoms with Crippen molar-refractivity contribution in [3.05, 3.63) is 53.6 Å². The number of carboxylic acid groups (broad SMARTS) is 1. The third-order valence-electron chi connectivity index (χ3n) is 4.88. The molecule has 1 saturated heterocycles. The Hall–Kier alpha value is -3.11. The predicted octanol–water partition coefficient (Wildman–Crippen LogP) is 0.214. The summed E-state index contributed by atoms with van der Waals surface area (Å²) >= 11 is 0. The lowest BCUT2D eigenvalue weighted by Gasteiger charge is -2.34. The van der Waals surface area contributed by atoms with Crippen molar-refractivity contribution in [1.82, 2.24) is 9.21 Å². The van der Waals surface area contributed by atoms with Crippen molar-refractivity contribution in [3.63, 3.8) is 0 Å². The van der Waals surface area contributed by atoms with Gasteiger partial charge < -0.3 is 24.3 Å². The molecule has 0 unspecified atom stereocenters. The molecule has 0 aromatic heterocycles. The number of rotatable bonds is 6. The molecule has 1 aliphatic rings. The van der Waals surface area contributed by atoms with Gasteiger partial charge in [-0.3, -0.25) is 4.79 Å². The summed E-state index contributed by atoms with van der Waals surface area (Å²) in [4.78, 5) is 25.0. The van der Waals surface area contributed by atoms with Gasteiger partial charge in [0.2, 0.25) is 10.0 Å². The second-order valence-corrected chi connectivity index (χ2v) is 8.48. The molecule has 0 N–H and O–H groups in total. The summed E-state index contributed by atoms with van der Waals surface area (Å²) in [6, 6.07) is 9.92. The molecule has 0 spiro atoms. The topological polar surface area (TPSA) is 116 Å². The SMILES string of the molecule is COc1ccc(S(=O)(=O)N2CCN(C(=O)c3ccc(C(=O)[O-])cc3)CC2)c(OC)c1. The van der Waals surface area contributed by atoms with E-state index in [-0.39, 0.29) is 48.3 Å². The predicted molar refractivity (Wildman–Crippen MR) is 105 cm³/mol. The third-order valence-corrected chi connectivity index (χ3v) is 6.82. The van der Waals surface area contributed by atoms with Gasteiger partial charge in [-0.25, -0.2) is 8.42 Å². The minimum Gasteiger partial charge on any atom is -0.545 e. The number of amides is 1. The molecule has 0 aliphatic carbocycles. The van der Waals surface area contributed by atoms with Crippen LogP contribution >= 0.6 is 0 Å². The maximum Gasteiger partial charge on any atom is 0.253 e. The monoisotopic (exact) mass is 433 g/mol. The Balaban J connectivity index is 1.71. The Kier molecular flexibility index (Phi) is 6.28. The van der Waals surface area contributed by atoms with Crippen molar-refractivity contribution in [1.29, 1.82) is 0 Å². The quantitative estimate of drug-likeness (QED) is 0.639.